The van der Waals surface area contributed by atoms with Gasteiger partial charge in [0.15, 0.2) is 0 Å². The summed E-state index contributed by atoms with van der Waals surface area (Å²) in [5.41, 5.74) is -1.27. The number of rotatable bonds is 3. The number of anilines is 1. The van der Waals surface area contributed by atoms with E-state index in [1.807, 2.05) is 6.92 Å². The lowest BCUT2D eigenvalue weighted by Crippen LogP contribution is -2.42. The van der Waals surface area contributed by atoms with E-state index in [4.69, 9.17) is 5.11 Å². The highest BCUT2D eigenvalue weighted by Gasteiger charge is 2.35. The maximum atomic E-state index is 12.6. The molecule has 0 aromatic heterocycles. The number of halogens is 3. The lowest BCUT2D eigenvalue weighted by molar-refractivity contribution is -0.137. The zero-order valence-electron chi connectivity index (χ0n) is 10.3. The van der Waals surface area contributed by atoms with Crippen molar-refractivity contribution in [2.45, 2.75) is 37.9 Å². The van der Waals surface area contributed by atoms with Crippen molar-refractivity contribution in [2.24, 2.45) is 0 Å². The summed E-state index contributed by atoms with van der Waals surface area (Å²) in [6.45, 7) is 1.93. The van der Waals surface area contributed by atoms with Crippen LogP contribution in [0.1, 0.15) is 42.1 Å². The van der Waals surface area contributed by atoms with Crippen LogP contribution in [0, 0.1) is 0 Å². The summed E-state index contributed by atoms with van der Waals surface area (Å²) in [7, 11) is 0. The second-order valence-electron chi connectivity index (χ2n) is 5.10. The summed E-state index contributed by atoms with van der Waals surface area (Å²) in [6, 6.07) is 2.76. The number of benzene rings is 1. The van der Waals surface area contributed by atoms with E-state index < -0.39 is 17.7 Å². The van der Waals surface area contributed by atoms with E-state index in [1.165, 1.54) is 6.07 Å². The van der Waals surface area contributed by atoms with E-state index in [-0.39, 0.29) is 16.8 Å². The number of nitrogens with one attached hydrogen (secondary N) is 1. The van der Waals surface area contributed by atoms with E-state index in [2.05, 4.69) is 5.32 Å². The Kier molecular flexibility index (Phi) is 3.20. The van der Waals surface area contributed by atoms with Crippen LogP contribution >= 0.6 is 0 Å². The first-order valence-electron chi connectivity index (χ1n) is 5.94. The fourth-order valence-corrected chi connectivity index (χ4v) is 2.16. The van der Waals surface area contributed by atoms with Crippen LogP contribution in [0.4, 0.5) is 18.9 Å². The van der Waals surface area contributed by atoms with Gasteiger partial charge < -0.3 is 10.4 Å². The van der Waals surface area contributed by atoms with Crippen LogP contribution in [0.25, 0.3) is 0 Å². The predicted octanol–water partition coefficient (Wildman–Crippen LogP) is 3.76. The third-order valence-electron chi connectivity index (χ3n) is 3.47. The van der Waals surface area contributed by atoms with Crippen LogP contribution in [0.15, 0.2) is 18.2 Å². The third kappa shape index (κ3) is 2.83. The van der Waals surface area contributed by atoms with Crippen molar-refractivity contribution in [1.29, 1.82) is 0 Å². The largest absolute Gasteiger partial charge is 0.478 e. The first kappa shape index (κ1) is 13.7. The average molecular weight is 273 g/mol. The summed E-state index contributed by atoms with van der Waals surface area (Å²) in [5.74, 6) is -1.36. The molecule has 0 atom stereocenters. The van der Waals surface area contributed by atoms with Gasteiger partial charge in [0.1, 0.15) is 0 Å². The Morgan fingerprint density at radius 3 is 2.42 bits per heavy atom. The van der Waals surface area contributed by atoms with Gasteiger partial charge in [0.25, 0.3) is 0 Å². The van der Waals surface area contributed by atoms with Crippen LogP contribution in [-0.2, 0) is 6.18 Å². The van der Waals surface area contributed by atoms with Gasteiger partial charge in [-0.3, -0.25) is 0 Å². The Morgan fingerprint density at radius 2 is 2.00 bits per heavy atom. The average Bonchev–Trinajstić information content (AvgIpc) is 2.25. The molecule has 2 N–H and O–H groups in total. The van der Waals surface area contributed by atoms with Gasteiger partial charge in [-0.25, -0.2) is 4.79 Å². The number of hydrogen-bond donors (Lipinski definition) is 2. The SMILES string of the molecule is CC1(Nc2ccc(C(F)(F)F)cc2C(=O)O)CCC1. The molecule has 3 nitrogen and oxygen atoms in total. The maximum Gasteiger partial charge on any atom is 0.416 e. The molecule has 19 heavy (non-hydrogen) atoms. The Labute approximate surface area is 108 Å². The number of hydrogen-bond acceptors (Lipinski definition) is 2. The molecule has 0 spiro atoms. The normalized spacial score (nSPS) is 17.7. The molecule has 0 bridgehead atoms. The molecule has 0 aliphatic heterocycles. The molecular weight excluding hydrogens is 259 g/mol. The summed E-state index contributed by atoms with van der Waals surface area (Å²) in [4.78, 5) is 11.1. The molecule has 1 aliphatic rings. The monoisotopic (exact) mass is 273 g/mol. The molecule has 0 heterocycles. The minimum absolute atomic E-state index is 0.218. The standard InChI is InChI=1S/C13H14F3NO2/c1-12(5-2-6-12)17-10-4-3-8(13(14,15)16)7-9(10)11(18)19/h3-4,7,17H,2,5-6H2,1H3,(H,18,19). The van der Waals surface area contributed by atoms with E-state index >= 15 is 0 Å². The molecule has 104 valence electrons. The highest BCUT2D eigenvalue weighted by Crippen LogP contribution is 2.37. The quantitative estimate of drug-likeness (QED) is 0.881. The number of aromatic carboxylic acids is 1. The van der Waals surface area contributed by atoms with E-state index in [0.29, 0.717) is 6.07 Å². The lowest BCUT2D eigenvalue weighted by atomic mass is 9.78. The molecule has 2 rings (SSSR count). The van der Waals surface area contributed by atoms with Gasteiger partial charge in [-0.15, -0.1) is 0 Å². The maximum absolute atomic E-state index is 12.6. The van der Waals surface area contributed by atoms with E-state index in [9.17, 15) is 18.0 Å². The van der Waals surface area contributed by atoms with Gasteiger partial charge in [0.05, 0.1) is 11.1 Å². The Morgan fingerprint density at radius 1 is 1.37 bits per heavy atom. The Balaban J connectivity index is 2.36. The van der Waals surface area contributed by atoms with Crippen LogP contribution in [0.3, 0.4) is 0 Å². The molecular formula is C13H14F3NO2. The smallest absolute Gasteiger partial charge is 0.416 e. The van der Waals surface area contributed by atoms with Crippen molar-refractivity contribution in [3.63, 3.8) is 0 Å². The highest BCUT2D eigenvalue weighted by molar-refractivity contribution is 5.94. The molecule has 1 aromatic carbocycles. The van der Waals surface area contributed by atoms with Crippen LogP contribution in [-0.4, -0.2) is 16.6 Å². The topological polar surface area (TPSA) is 49.3 Å². The fourth-order valence-electron chi connectivity index (χ4n) is 2.16. The van der Waals surface area contributed by atoms with Crippen molar-refractivity contribution in [2.75, 3.05) is 5.32 Å². The number of alkyl halides is 3. The molecule has 0 radical (unpaired) electrons. The molecule has 0 unspecified atom stereocenters. The third-order valence-corrected chi connectivity index (χ3v) is 3.47. The molecule has 0 saturated heterocycles. The van der Waals surface area contributed by atoms with Crippen molar-refractivity contribution >= 4 is 11.7 Å². The van der Waals surface area contributed by atoms with Crippen LogP contribution in [0.2, 0.25) is 0 Å². The zero-order chi connectivity index (χ0) is 14.3. The molecule has 1 fully saturated rings. The van der Waals surface area contributed by atoms with Gasteiger partial charge in [0.2, 0.25) is 0 Å². The van der Waals surface area contributed by atoms with Gasteiger partial charge in [-0.1, -0.05) is 0 Å². The number of carbonyl (C=O) groups is 1. The molecule has 1 aromatic rings. The van der Waals surface area contributed by atoms with Crippen LogP contribution in [0.5, 0.6) is 0 Å². The molecule has 1 aliphatic carbocycles. The van der Waals surface area contributed by atoms with E-state index in [0.717, 1.165) is 25.3 Å². The Bertz CT molecular complexity index is 507. The van der Waals surface area contributed by atoms with Crippen molar-refractivity contribution in [3.05, 3.63) is 29.3 Å². The van der Waals surface area contributed by atoms with Gasteiger partial charge in [-0.2, -0.15) is 13.2 Å². The molecule has 0 amide bonds. The van der Waals surface area contributed by atoms with Gasteiger partial charge >= 0.3 is 12.1 Å². The Hall–Kier alpha value is -1.72. The summed E-state index contributed by atoms with van der Waals surface area (Å²) < 4.78 is 37.7. The lowest BCUT2D eigenvalue weighted by Gasteiger charge is -2.40. The second kappa shape index (κ2) is 4.43. The second-order valence-corrected chi connectivity index (χ2v) is 5.10. The highest BCUT2D eigenvalue weighted by atomic mass is 19.4. The first-order chi connectivity index (χ1) is 8.71. The minimum Gasteiger partial charge on any atom is -0.478 e. The minimum atomic E-state index is -4.54. The summed E-state index contributed by atoms with van der Waals surface area (Å²) >= 11 is 0. The van der Waals surface area contributed by atoms with E-state index in [1.54, 1.807) is 0 Å². The van der Waals surface area contributed by atoms with Crippen molar-refractivity contribution in [3.8, 4) is 0 Å². The van der Waals surface area contributed by atoms with Crippen LogP contribution < -0.4 is 5.32 Å². The number of carboxylic acid groups (broad SMARTS) is 1. The predicted molar refractivity (Wildman–Crippen MR) is 64.3 cm³/mol. The number of carboxylic acids is 1. The molecule has 1 saturated carbocycles. The van der Waals surface area contributed by atoms with Crippen molar-refractivity contribution in [1.82, 2.24) is 0 Å². The van der Waals surface area contributed by atoms with Gasteiger partial charge in [0, 0.05) is 11.2 Å². The first-order valence-corrected chi connectivity index (χ1v) is 5.94. The summed E-state index contributed by atoms with van der Waals surface area (Å²) in [5, 5.41) is 12.1. The molecule has 6 heteroatoms. The zero-order valence-corrected chi connectivity index (χ0v) is 10.3. The fraction of sp³-hybridized carbons (Fsp3) is 0.462. The van der Waals surface area contributed by atoms with Crippen molar-refractivity contribution < 1.29 is 23.1 Å². The summed E-state index contributed by atoms with van der Waals surface area (Å²) in [6.07, 6.45) is -1.74. The van der Waals surface area contributed by atoms with Gasteiger partial charge in [-0.05, 0) is 44.4 Å².